The molecule has 0 amide bonds. The van der Waals surface area contributed by atoms with Crippen molar-refractivity contribution in [2.24, 2.45) is 57.7 Å². The number of aryl methyl sites for hydroxylation is 1. The van der Waals surface area contributed by atoms with E-state index in [1.165, 1.54) is 57.8 Å². The molecule has 3 nitrogen and oxygen atoms in total. The van der Waals surface area contributed by atoms with Crippen LogP contribution in [0.4, 0.5) is 0 Å². The van der Waals surface area contributed by atoms with Crippen LogP contribution in [-0.2, 0) is 14.3 Å². The van der Waals surface area contributed by atoms with E-state index < -0.39 is 10.1 Å². The first-order valence-corrected chi connectivity index (χ1v) is 18.1. The quantitative estimate of drug-likeness (QED) is 0.292. The summed E-state index contributed by atoms with van der Waals surface area (Å²) in [5.74, 6) is 5.46. The SMILES string of the molecule is Cc1ccc(S(=O)(=O)O[C@H]2CC(C)(C)[C@@H]3CC[C@H]4[C@@H]5CC[C@H]([C@H](C)CCCC(C)C)[C@@]5(C)CC[C@@H]4[C@@]3(C)C2)cc1. The molecule has 9 atom stereocenters. The molecule has 4 fully saturated rings. The summed E-state index contributed by atoms with van der Waals surface area (Å²) in [5, 5.41) is 0. The summed E-state index contributed by atoms with van der Waals surface area (Å²) in [6, 6.07) is 7.12. The summed E-state index contributed by atoms with van der Waals surface area (Å²) in [6.07, 6.45) is 13.7. The second-order valence-electron chi connectivity index (χ2n) is 16.4. The van der Waals surface area contributed by atoms with Crippen LogP contribution in [0, 0.1) is 64.6 Å². The van der Waals surface area contributed by atoms with Crippen molar-refractivity contribution in [3.63, 3.8) is 0 Å². The maximum atomic E-state index is 13.4. The molecule has 4 aliphatic rings. The summed E-state index contributed by atoms with van der Waals surface area (Å²) in [5.41, 5.74) is 1.76. The Morgan fingerprint density at radius 1 is 0.850 bits per heavy atom. The highest BCUT2D eigenvalue weighted by Gasteiger charge is 2.63. The molecule has 0 N–H and O–H groups in total. The monoisotopic (exact) mass is 570 g/mol. The first kappa shape index (κ1) is 30.6. The maximum Gasteiger partial charge on any atom is 0.297 e. The number of hydrogen-bond donors (Lipinski definition) is 0. The molecule has 4 saturated carbocycles. The smallest absolute Gasteiger partial charge is 0.263 e. The topological polar surface area (TPSA) is 43.4 Å². The molecule has 0 unspecified atom stereocenters. The first-order valence-electron chi connectivity index (χ1n) is 16.7. The molecule has 4 heteroatoms. The zero-order chi connectivity index (χ0) is 29.1. The van der Waals surface area contributed by atoms with E-state index in [-0.39, 0.29) is 21.8 Å². The van der Waals surface area contributed by atoms with Crippen molar-refractivity contribution in [1.82, 2.24) is 0 Å². The third-order valence-corrected chi connectivity index (χ3v) is 14.4. The fraction of sp³-hybridized carbons (Fsp3) is 0.833. The molecule has 0 bridgehead atoms. The van der Waals surface area contributed by atoms with Gasteiger partial charge < -0.3 is 0 Å². The highest BCUT2D eigenvalue weighted by atomic mass is 32.2. The Balaban J connectivity index is 1.34. The van der Waals surface area contributed by atoms with Crippen molar-refractivity contribution in [3.05, 3.63) is 29.8 Å². The molecule has 5 rings (SSSR count). The van der Waals surface area contributed by atoms with Crippen LogP contribution in [-0.4, -0.2) is 14.5 Å². The van der Waals surface area contributed by atoms with Crippen LogP contribution >= 0.6 is 0 Å². The van der Waals surface area contributed by atoms with Crippen molar-refractivity contribution in [3.8, 4) is 0 Å². The minimum Gasteiger partial charge on any atom is -0.263 e. The zero-order valence-electron chi connectivity index (χ0n) is 26.8. The van der Waals surface area contributed by atoms with Crippen molar-refractivity contribution >= 4 is 10.1 Å². The molecular weight excluding hydrogens is 512 g/mol. The van der Waals surface area contributed by atoms with Gasteiger partial charge in [-0.05, 0) is 128 Å². The Morgan fingerprint density at radius 2 is 1.52 bits per heavy atom. The predicted molar refractivity (Wildman–Crippen MR) is 165 cm³/mol. The van der Waals surface area contributed by atoms with E-state index in [2.05, 4.69) is 48.5 Å². The van der Waals surface area contributed by atoms with Crippen LogP contribution in [0.15, 0.2) is 29.2 Å². The Hall–Kier alpha value is -0.870. The van der Waals surface area contributed by atoms with E-state index >= 15 is 0 Å². The van der Waals surface area contributed by atoms with Gasteiger partial charge in [-0.25, -0.2) is 0 Å². The van der Waals surface area contributed by atoms with Gasteiger partial charge >= 0.3 is 0 Å². The largest absolute Gasteiger partial charge is 0.297 e. The second kappa shape index (κ2) is 11.0. The van der Waals surface area contributed by atoms with Gasteiger partial charge in [0.1, 0.15) is 0 Å². The fourth-order valence-electron chi connectivity index (χ4n) is 11.4. The van der Waals surface area contributed by atoms with Gasteiger partial charge in [0.2, 0.25) is 0 Å². The van der Waals surface area contributed by atoms with E-state index in [4.69, 9.17) is 4.18 Å². The molecule has 226 valence electrons. The Labute approximate surface area is 246 Å². The first-order chi connectivity index (χ1) is 18.7. The Bertz CT molecular complexity index is 1140. The van der Waals surface area contributed by atoms with Gasteiger partial charge in [0.15, 0.2) is 0 Å². The van der Waals surface area contributed by atoms with Crippen LogP contribution in [0.2, 0.25) is 0 Å². The zero-order valence-corrected chi connectivity index (χ0v) is 27.7. The Kier molecular flexibility index (Phi) is 8.41. The minimum atomic E-state index is -3.77. The standard InChI is InChI=1S/C36H58O3S/c1-24(2)10-9-11-26(4)30-17-18-31-29-16-19-33-34(5,6)22-27(23-36(33,8)32(29)20-21-35(30,31)7)39-40(37,38)28-14-12-25(3)13-15-28/h12-15,24,26-27,29-33H,9-11,16-23H2,1-8H3/t26-,27+,29+,30-,31+,32+,33+,35-,36-/m1/s1. The molecular formula is C36H58O3S. The van der Waals surface area contributed by atoms with E-state index in [1.807, 2.05) is 19.1 Å². The highest BCUT2D eigenvalue weighted by Crippen LogP contribution is 2.70. The van der Waals surface area contributed by atoms with Crippen LogP contribution in [0.3, 0.4) is 0 Å². The van der Waals surface area contributed by atoms with Crippen molar-refractivity contribution in [2.45, 2.75) is 137 Å². The van der Waals surface area contributed by atoms with Crippen molar-refractivity contribution in [1.29, 1.82) is 0 Å². The second-order valence-corrected chi connectivity index (χ2v) is 18.0. The van der Waals surface area contributed by atoms with Crippen LogP contribution < -0.4 is 0 Å². The number of hydrogen-bond acceptors (Lipinski definition) is 3. The van der Waals surface area contributed by atoms with Crippen LogP contribution in [0.5, 0.6) is 0 Å². The molecule has 1 aromatic rings. The summed E-state index contributed by atoms with van der Waals surface area (Å²) < 4.78 is 32.8. The van der Waals surface area contributed by atoms with E-state index in [0.717, 1.165) is 48.0 Å². The van der Waals surface area contributed by atoms with Gasteiger partial charge in [0, 0.05) is 0 Å². The van der Waals surface area contributed by atoms with Gasteiger partial charge in [-0.1, -0.05) is 85.4 Å². The van der Waals surface area contributed by atoms with E-state index in [0.29, 0.717) is 17.3 Å². The highest BCUT2D eigenvalue weighted by molar-refractivity contribution is 7.86. The van der Waals surface area contributed by atoms with Crippen LogP contribution in [0.1, 0.15) is 125 Å². The minimum absolute atomic E-state index is 0.0787. The molecule has 0 radical (unpaired) electrons. The molecule has 0 heterocycles. The lowest BCUT2D eigenvalue weighted by Gasteiger charge is -2.64. The number of rotatable bonds is 8. The van der Waals surface area contributed by atoms with Gasteiger partial charge in [0.25, 0.3) is 10.1 Å². The Morgan fingerprint density at radius 3 is 2.20 bits per heavy atom. The van der Waals surface area contributed by atoms with Gasteiger partial charge in [-0.2, -0.15) is 8.42 Å². The summed E-state index contributed by atoms with van der Waals surface area (Å²) in [7, 11) is -3.77. The summed E-state index contributed by atoms with van der Waals surface area (Å²) >= 11 is 0. The van der Waals surface area contributed by atoms with Gasteiger partial charge in [-0.15, -0.1) is 0 Å². The van der Waals surface area contributed by atoms with Gasteiger partial charge in [0.05, 0.1) is 11.0 Å². The lowest BCUT2D eigenvalue weighted by atomic mass is 9.41. The lowest BCUT2D eigenvalue weighted by Crippen LogP contribution is -2.58. The molecule has 0 aromatic heterocycles. The number of fused-ring (bicyclic) bond motifs is 5. The van der Waals surface area contributed by atoms with Gasteiger partial charge in [-0.3, -0.25) is 4.18 Å². The van der Waals surface area contributed by atoms with E-state index in [1.54, 1.807) is 12.1 Å². The van der Waals surface area contributed by atoms with E-state index in [9.17, 15) is 8.42 Å². The molecule has 4 aliphatic carbocycles. The summed E-state index contributed by atoms with van der Waals surface area (Å²) in [6.45, 7) is 19.2. The predicted octanol–water partition coefficient (Wildman–Crippen LogP) is 9.83. The number of benzene rings is 1. The third kappa shape index (κ3) is 5.47. The average molecular weight is 571 g/mol. The molecule has 0 spiro atoms. The normalized spacial score (nSPS) is 39.8. The molecule has 0 saturated heterocycles. The lowest BCUT2D eigenvalue weighted by molar-refractivity contribution is -0.166. The average Bonchev–Trinajstić information content (AvgIpc) is 3.20. The summed E-state index contributed by atoms with van der Waals surface area (Å²) in [4.78, 5) is 0.289. The maximum absolute atomic E-state index is 13.4. The molecule has 0 aliphatic heterocycles. The van der Waals surface area contributed by atoms with Crippen molar-refractivity contribution in [2.75, 3.05) is 0 Å². The fourth-order valence-corrected chi connectivity index (χ4v) is 12.4. The van der Waals surface area contributed by atoms with Crippen LogP contribution in [0.25, 0.3) is 0 Å². The van der Waals surface area contributed by atoms with Crippen molar-refractivity contribution < 1.29 is 12.6 Å². The third-order valence-electron chi connectivity index (χ3n) is 13.0. The molecule has 40 heavy (non-hydrogen) atoms. The molecule has 1 aromatic carbocycles.